The zero-order chi connectivity index (χ0) is 19.5. The number of likely N-dealkylation sites (N-methyl/N-ethyl adjacent to an activating group) is 1. The Morgan fingerprint density at radius 3 is 2.12 bits per heavy atom. The number of sulfonamides is 1. The predicted octanol–water partition coefficient (Wildman–Crippen LogP) is 3.04. The quantitative estimate of drug-likeness (QED) is 0.781. The first-order valence-corrected chi connectivity index (χ1v) is 10.3. The highest BCUT2D eigenvalue weighted by Crippen LogP contribution is 2.24. The number of hydrogen-bond acceptors (Lipinski definition) is 3. The fourth-order valence-corrected chi connectivity index (χ4v) is 3.57. The van der Waals surface area contributed by atoms with Gasteiger partial charge in [-0.2, -0.15) is 0 Å². The van der Waals surface area contributed by atoms with Crippen LogP contribution in [-0.4, -0.2) is 39.1 Å². The number of benzene rings is 2. The predicted molar refractivity (Wildman–Crippen MR) is 106 cm³/mol. The molecule has 2 aromatic rings. The number of carbonyl (C=O) groups excluding carboxylic acids is 1. The Labute approximate surface area is 156 Å². The topological polar surface area (TPSA) is 57.7 Å². The standard InChI is InChI=1S/C20H26N2O3S/c1-15-7-10-18(11-8-15)13-21(4)20(23)14-22(26(5,24)25)19-12-16(2)6-9-17(19)3/h6-12H,13-14H2,1-5H3. The summed E-state index contributed by atoms with van der Waals surface area (Å²) >= 11 is 0. The highest BCUT2D eigenvalue weighted by Gasteiger charge is 2.24. The van der Waals surface area contributed by atoms with Gasteiger partial charge in [-0.25, -0.2) is 8.42 Å². The smallest absolute Gasteiger partial charge is 0.243 e. The lowest BCUT2D eigenvalue weighted by Gasteiger charge is -2.26. The molecule has 0 aromatic heterocycles. The molecule has 0 N–H and O–H groups in total. The average Bonchev–Trinajstić information content (AvgIpc) is 2.56. The van der Waals surface area contributed by atoms with Gasteiger partial charge in [-0.05, 0) is 43.5 Å². The molecule has 0 unspecified atom stereocenters. The summed E-state index contributed by atoms with van der Waals surface area (Å²) in [5.41, 5.74) is 4.46. The van der Waals surface area contributed by atoms with E-state index in [2.05, 4.69) is 0 Å². The van der Waals surface area contributed by atoms with Crippen LogP contribution in [0.5, 0.6) is 0 Å². The Bertz CT molecular complexity index is 890. The van der Waals surface area contributed by atoms with Crippen LogP contribution in [-0.2, 0) is 21.4 Å². The molecule has 140 valence electrons. The molecule has 1 amide bonds. The summed E-state index contributed by atoms with van der Waals surface area (Å²) in [6.45, 7) is 5.96. The molecule has 0 aliphatic rings. The second kappa shape index (κ2) is 7.91. The minimum Gasteiger partial charge on any atom is -0.340 e. The van der Waals surface area contributed by atoms with Crippen LogP contribution in [0.25, 0.3) is 0 Å². The van der Waals surface area contributed by atoms with Crippen LogP contribution >= 0.6 is 0 Å². The molecular weight excluding hydrogens is 348 g/mol. The lowest BCUT2D eigenvalue weighted by Crippen LogP contribution is -2.41. The number of hydrogen-bond donors (Lipinski definition) is 0. The third-order valence-corrected chi connectivity index (χ3v) is 5.41. The van der Waals surface area contributed by atoms with E-state index >= 15 is 0 Å². The van der Waals surface area contributed by atoms with Gasteiger partial charge in [-0.3, -0.25) is 9.10 Å². The molecule has 2 aromatic carbocycles. The van der Waals surface area contributed by atoms with Gasteiger partial charge >= 0.3 is 0 Å². The van der Waals surface area contributed by atoms with E-state index in [9.17, 15) is 13.2 Å². The van der Waals surface area contributed by atoms with Gasteiger partial charge in [0.15, 0.2) is 0 Å². The van der Waals surface area contributed by atoms with E-state index in [0.29, 0.717) is 12.2 Å². The van der Waals surface area contributed by atoms with Gasteiger partial charge in [0, 0.05) is 13.6 Å². The van der Waals surface area contributed by atoms with Crippen molar-refractivity contribution in [3.63, 3.8) is 0 Å². The molecule has 26 heavy (non-hydrogen) atoms. The van der Waals surface area contributed by atoms with Crippen LogP contribution in [0.1, 0.15) is 22.3 Å². The summed E-state index contributed by atoms with van der Waals surface area (Å²) in [7, 11) is -1.89. The molecule has 0 radical (unpaired) electrons. The van der Waals surface area contributed by atoms with Crippen molar-refractivity contribution in [1.82, 2.24) is 4.90 Å². The molecule has 2 rings (SSSR count). The monoisotopic (exact) mass is 374 g/mol. The molecule has 0 aliphatic carbocycles. The Hall–Kier alpha value is -2.34. The maximum atomic E-state index is 12.7. The molecule has 0 heterocycles. The molecule has 0 saturated carbocycles. The van der Waals surface area contributed by atoms with Gasteiger partial charge in [-0.15, -0.1) is 0 Å². The van der Waals surface area contributed by atoms with Gasteiger partial charge in [0.2, 0.25) is 15.9 Å². The van der Waals surface area contributed by atoms with Gasteiger partial charge < -0.3 is 4.90 Å². The summed E-state index contributed by atoms with van der Waals surface area (Å²) < 4.78 is 25.8. The van der Waals surface area contributed by atoms with E-state index in [0.717, 1.165) is 28.5 Å². The Kier molecular flexibility index (Phi) is 6.08. The summed E-state index contributed by atoms with van der Waals surface area (Å²) in [6, 6.07) is 13.5. The molecular formula is C20H26N2O3S. The van der Waals surface area contributed by atoms with E-state index in [1.54, 1.807) is 18.0 Å². The number of aryl methyl sites for hydroxylation is 3. The zero-order valence-corrected chi connectivity index (χ0v) is 16.8. The van der Waals surface area contributed by atoms with Crippen molar-refractivity contribution in [3.05, 3.63) is 64.7 Å². The van der Waals surface area contributed by atoms with Gasteiger partial charge in [0.05, 0.1) is 11.9 Å². The lowest BCUT2D eigenvalue weighted by molar-refractivity contribution is -0.128. The minimum atomic E-state index is -3.58. The Morgan fingerprint density at radius 2 is 1.54 bits per heavy atom. The maximum absolute atomic E-state index is 12.7. The number of anilines is 1. The molecule has 0 saturated heterocycles. The van der Waals surface area contributed by atoms with Crippen molar-refractivity contribution in [2.75, 3.05) is 24.2 Å². The molecule has 0 bridgehead atoms. The first-order chi connectivity index (χ1) is 12.1. The normalized spacial score (nSPS) is 11.3. The SMILES string of the molecule is Cc1ccc(CN(C)C(=O)CN(c2cc(C)ccc2C)S(C)(=O)=O)cc1. The second-order valence-corrected chi connectivity index (χ2v) is 8.70. The van der Waals surface area contributed by atoms with Crippen LogP contribution in [0.3, 0.4) is 0 Å². The van der Waals surface area contributed by atoms with Crippen LogP contribution in [0.15, 0.2) is 42.5 Å². The fourth-order valence-electron chi connectivity index (χ4n) is 2.67. The minimum absolute atomic E-state index is 0.217. The number of nitrogens with zero attached hydrogens (tertiary/aromatic N) is 2. The van der Waals surface area contributed by atoms with Crippen molar-refractivity contribution in [2.45, 2.75) is 27.3 Å². The second-order valence-electron chi connectivity index (χ2n) is 6.79. The maximum Gasteiger partial charge on any atom is 0.243 e. The van der Waals surface area contributed by atoms with Crippen molar-refractivity contribution in [3.8, 4) is 0 Å². The summed E-state index contributed by atoms with van der Waals surface area (Å²) in [5, 5.41) is 0. The van der Waals surface area contributed by atoms with E-state index in [1.807, 2.05) is 57.2 Å². The molecule has 0 fully saturated rings. The van der Waals surface area contributed by atoms with Crippen LogP contribution in [0.4, 0.5) is 5.69 Å². The highest BCUT2D eigenvalue weighted by atomic mass is 32.2. The van der Waals surface area contributed by atoms with Gasteiger partial charge in [0.1, 0.15) is 6.54 Å². The first-order valence-electron chi connectivity index (χ1n) is 8.42. The van der Waals surface area contributed by atoms with E-state index < -0.39 is 10.0 Å². The number of rotatable bonds is 6. The lowest BCUT2D eigenvalue weighted by atomic mass is 10.1. The van der Waals surface area contributed by atoms with Crippen molar-refractivity contribution < 1.29 is 13.2 Å². The number of carbonyl (C=O) groups is 1. The van der Waals surface area contributed by atoms with Crippen molar-refractivity contribution in [1.29, 1.82) is 0 Å². The zero-order valence-electron chi connectivity index (χ0n) is 16.0. The molecule has 0 aliphatic heterocycles. The van der Waals surface area contributed by atoms with E-state index in [4.69, 9.17) is 0 Å². The molecule has 0 spiro atoms. The first kappa shape index (κ1) is 20.0. The molecule has 6 heteroatoms. The van der Waals surface area contributed by atoms with Crippen molar-refractivity contribution >= 4 is 21.6 Å². The summed E-state index contributed by atoms with van der Waals surface area (Å²) in [6.07, 6.45) is 1.13. The fraction of sp³-hybridized carbons (Fsp3) is 0.350. The molecule has 0 atom stereocenters. The summed E-state index contributed by atoms with van der Waals surface area (Å²) in [5.74, 6) is -0.253. The van der Waals surface area contributed by atoms with Gasteiger partial charge in [0.25, 0.3) is 0 Å². The Balaban J connectivity index is 2.21. The Morgan fingerprint density at radius 1 is 0.962 bits per heavy atom. The highest BCUT2D eigenvalue weighted by molar-refractivity contribution is 7.92. The third kappa shape index (κ3) is 5.08. The number of amides is 1. The summed E-state index contributed by atoms with van der Waals surface area (Å²) in [4.78, 5) is 14.2. The van der Waals surface area contributed by atoms with E-state index in [-0.39, 0.29) is 12.5 Å². The van der Waals surface area contributed by atoms with Crippen LogP contribution in [0.2, 0.25) is 0 Å². The largest absolute Gasteiger partial charge is 0.340 e. The third-order valence-electron chi connectivity index (χ3n) is 4.28. The molecule has 5 nitrogen and oxygen atoms in total. The van der Waals surface area contributed by atoms with Crippen LogP contribution < -0.4 is 4.31 Å². The average molecular weight is 375 g/mol. The van der Waals surface area contributed by atoms with Gasteiger partial charge in [-0.1, -0.05) is 42.0 Å². The van der Waals surface area contributed by atoms with Crippen molar-refractivity contribution in [2.24, 2.45) is 0 Å². The van der Waals surface area contributed by atoms with Crippen LogP contribution in [0, 0.1) is 20.8 Å². The van der Waals surface area contributed by atoms with E-state index in [1.165, 1.54) is 4.31 Å².